The lowest BCUT2D eigenvalue weighted by Crippen LogP contribution is -2.17. The molecular formula is C14H15BrN4O. The minimum absolute atomic E-state index is 0.283. The molecule has 1 heterocycles. The highest BCUT2D eigenvalue weighted by atomic mass is 79.9. The fourth-order valence-corrected chi connectivity index (χ4v) is 2.67. The number of nitrogens with zero attached hydrogens (tertiary/aromatic N) is 1. The van der Waals surface area contributed by atoms with E-state index in [0.717, 1.165) is 21.3 Å². The molecule has 0 unspecified atom stereocenters. The van der Waals surface area contributed by atoms with Gasteiger partial charge in [-0.1, -0.05) is 12.1 Å². The van der Waals surface area contributed by atoms with E-state index in [9.17, 15) is 4.79 Å². The van der Waals surface area contributed by atoms with Crippen LogP contribution in [0.5, 0.6) is 0 Å². The van der Waals surface area contributed by atoms with Crippen LogP contribution in [-0.4, -0.2) is 10.9 Å². The van der Waals surface area contributed by atoms with Gasteiger partial charge in [0.15, 0.2) is 0 Å². The summed E-state index contributed by atoms with van der Waals surface area (Å²) in [6.07, 6.45) is 0. The van der Waals surface area contributed by atoms with Gasteiger partial charge in [0.2, 0.25) is 0 Å². The molecule has 2 rings (SSSR count). The Balaban J connectivity index is 2.28. The van der Waals surface area contributed by atoms with Gasteiger partial charge in [0.1, 0.15) is 11.5 Å². The van der Waals surface area contributed by atoms with Crippen LogP contribution in [-0.2, 0) is 0 Å². The number of nitrogens with one attached hydrogen (secondary N) is 2. The molecule has 0 fully saturated rings. The molecule has 0 aliphatic carbocycles. The number of carbonyl (C=O) groups is 1. The van der Waals surface area contributed by atoms with Gasteiger partial charge in [0.25, 0.3) is 5.91 Å². The minimum Gasteiger partial charge on any atom is -0.319 e. The number of halogens is 1. The molecule has 1 aromatic heterocycles. The van der Waals surface area contributed by atoms with E-state index >= 15 is 0 Å². The standard InChI is InChI=1S/C14H15BrN4O/c1-8-6-9(2)13(10(15)7-8)18-14(20)11-4-3-5-12(17-11)19-16/h3-7H,16H2,1-2H3,(H,17,19)(H,18,20). The van der Waals surface area contributed by atoms with Gasteiger partial charge < -0.3 is 10.7 Å². The van der Waals surface area contributed by atoms with Crippen molar-refractivity contribution in [3.63, 3.8) is 0 Å². The highest BCUT2D eigenvalue weighted by Gasteiger charge is 2.12. The molecule has 1 amide bonds. The summed E-state index contributed by atoms with van der Waals surface area (Å²) in [5, 5.41) is 2.86. The van der Waals surface area contributed by atoms with E-state index in [1.807, 2.05) is 26.0 Å². The lowest BCUT2D eigenvalue weighted by Gasteiger charge is -2.12. The van der Waals surface area contributed by atoms with Crippen LogP contribution in [0.1, 0.15) is 21.6 Å². The number of hydrazine groups is 1. The molecule has 4 N–H and O–H groups in total. The van der Waals surface area contributed by atoms with Crippen LogP contribution in [0.4, 0.5) is 11.5 Å². The zero-order valence-corrected chi connectivity index (χ0v) is 12.8. The third-order valence-electron chi connectivity index (χ3n) is 2.80. The number of hydrogen-bond acceptors (Lipinski definition) is 4. The smallest absolute Gasteiger partial charge is 0.274 e. The SMILES string of the molecule is Cc1cc(C)c(NC(=O)c2cccc(NN)n2)c(Br)c1. The van der Waals surface area contributed by atoms with Crippen LogP contribution in [0.3, 0.4) is 0 Å². The van der Waals surface area contributed by atoms with E-state index in [4.69, 9.17) is 5.84 Å². The van der Waals surface area contributed by atoms with Crippen LogP contribution in [0.25, 0.3) is 0 Å². The first-order chi connectivity index (χ1) is 9.51. The third kappa shape index (κ3) is 3.15. The number of nitrogens with two attached hydrogens (primary N) is 1. The van der Waals surface area contributed by atoms with Gasteiger partial charge in [-0.05, 0) is 59.1 Å². The molecule has 104 valence electrons. The second kappa shape index (κ2) is 6.02. The Hall–Kier alpha value is -1.92. The molecule has 20 heavy (non-hydrogen) atoms. The van der Waals surface area contributed by atoms with E-state index in [1.54, 1.807) is 18.2 Å². The molecule has 0 saturated carbocycles. The van der Waals surface area contributed by atoms with E-state index in [1.165, 1.54) is 0 Å². The Kier molecular flexibility index (Phi) is 4.36. The largest absolute Gasteiger partial charge is 0.319 e. The Morgan fingerprint density at radius 3 is 2.70 bits per heavy atom. The number of hydrogen-bond donors (Lipinski definition) is 3. The molecule has 2 aromatic rings. The van der Waals surface area contributed by atoms with Crippen molar-refractivity contribution in [1.29, 1.82) is 0 Å². The van der Waals surface area contributed by atoms with E-state index in [2.05, 4.69) is 31.7 Å². The van der Waals surface area contributed by atoms with Crippen LogP contribution < -0.4 is 16.6 Å². The maximum absolute atomic E-state index is 12.2. The molecule has 0 spiro atoms. The molecule has 0 aliphatic heterocycles. The lowest BCUT2D eigenvalue weighted by molar-refractivity contribution is 0.102. The zero-order chi connectivity index (χ0) is 14.7. The molecular weight excluding hydrogens is 320 g/mol. The summed E-state index contributed by atoms with van der Waals surface area (Å²) < 4.78 is 0.844. The number of pyridine rings is 1. The van der Waals surface area contributed by atoms with Crippen LogP contribution in [0.2, 0.25) is 0 Å². The predicted molar refractivity (Wildman–Crippen MR) is 83.6 cm³/mol. The van der Waals surface area contributed by atoms with Gasteiger partial charge in [0, 0.05) is 4.47 Å². The van der Waals surface area contributed by atoms with Crippen molar-refractivity contribution in [2.45, 2.75) is 13.8 Å². The highest BCUT2D eigenvalue weighted by molar-refractivity contribution is 9.10. The predicted octanol–water partition coefficient (Wildman–Crippen LogP) is 3.00. The number of carbonyl (C=O) groups excluding carboxylic acids is 1. The summed E-state index contributed by atoms with van der Waals surface area (Å²) in [5.74, 6) is 5.44. The van der Waals surface area contributed by atoms with Crippen molar-refractivity contribution < 1.29 is 4.79 Å². The monoisotopic (exact) mass is 334 g/mol. The Bertz CT molecular complexity index is 634. The number of amides is 1. The fourth-order valence-electron chi connectivity index (χ4n) is 1.89. The van der Waals surface area contributed by atoms with E-state index < -0.39 is 0 Å². The van der Waals surface area contributed by atoms with Crippen molar-refractivity contribution in [1.82, 2.24) is 4.98 Å². The van der Waals surface area contributed by atoms with Gasteiger partial charge in [-0.15, -0.1) is 0 Å². The summed E-state index contributed by atoms with van der Waals surface area (Å²) >= 11 is 3.46. The first kappa shape index (κ1) is 14.5. The van der Waals surface area contributed by atoms with Gasteiger partial charge in [-0.2, -0.15) is 0 Å². The number of nitrogen functional groups attached to an aromatic ring is 1. The number of anilines is 2. The second-order valence-corrected chi connectivity index (χ2v) is 5.30. The second-order valence-electron chi connectivity index (χ2n) is 4.45. The van der Waals surface area contributed by atoms with Crippen LogP contribution >= 0.6 is 15.9 Å². The third-order valence-corrected chi connectivity index (χ3v) is 3.43. The Morgan fingerprint density at radius 1 is 1.30 bits per heavy atom. The fraction of sp³-hybridized carbons (Fsp3) is 0.143. The average molecular weight is 335 g/mol. The molecule has 5 nitrogen and oxygen atoms in total. The summed E-state index contributed by atoms with van der Waals surface area (Å²) in [7, 11) is 0. The summed E-state index contributed by atoms with van der Waals surface area (Å²) in [6, 6.07) is 8.99. The average Bonchev–Trinajstić information content (AvgIpc) is 2.42. The first-order valence-corrected chi connectivity index (χ1v) is 6.82. The molecule has 6 heteroatoms. The van der Waals surface area contributed by atoms with Crippen molar-refractivity contribution >= 4 is 33.3 Å². The molecule has 1 aromatic carbocycles. The van der Waals surface area contributed by atoms with E-state index in [0.29, 0.717) is 11.5 Å². The van der Waals surface area contributed by atoms with Gasteiger partial charge >= 0.3 is 0 Å². The van der Waals surface area contributed by atoms with Crippen LogP contribution in [0.15, 0.2) is 34.8 Å². The normalized spacial score (nSPS) is 10.2. The number of benzene rings is 1. The highest BCUT2D eigenvalue weighted by Crippen LogP contribution is 2.28. The topological polar surface area (TPSA) is 80.0 Å². The number of rotatable bonds is 3. The molecule has 0 bridgehead atoms. The first-order valence-electron chi connectivity index (χ1n) is 6.03. The van der Waals surface area contributed by atoms with E-state index in [-0.39, 0.29) is 5.91 Å². The molecule has 0 saturated heterocycles. The zero-order valence-electron chi connectivity index (χ0n) is 11.2. The quantitative estimate of drug-likeness (QED) is 0.595. The van der Waals surface area contributed by atoms with Crippen molar-refractivity contribution in [2.75, 3.05) is 10.7 Å². The van der Waals surface area contributed by atoms with Crippen molar-refractivity contribution in [3.8, 4) is 0 Å². The Morgan fingerprint density at radius 2 is 2.05 bits per heavy atom. The molecule has 0 radical (unpaired) electrons. The number of aromatic nitrogens is 1. The molecule has 0 aliphatic rings. The summed E-state index contributed by atoms with van der Waals surface area (Å²) in [6.45, 7) is 3.94. The van der Waals surface area contributed by atoms with Gasteiger partial charge in [-0.25, -0.2) is 10.8 Å². The van der Waals surface area contributed by atoms with Gasteiger partial charge in [0.05, 0.1) is 5.69 Å². The molecule has 0 atom stereocenters. The van der Waals surface area contributed by atoms with Crippen molar-refractivity contribution in [2.24, 2.45) is 5.84 Å². The van der Waals surface area contributed by atoms with Crippen LogP contribution in [0, 0.1) is 13.8 Å². The Labute approximate surface area is 125 Å². The maximum atomic E-state index is 12.2. The van der Waals surface area contributed by atoms with Gasteiger partial charge in [-0.3, -0.25) is 4.79 Å². The summed E-state index contributed by atoms with van der Waals surface area (Å²) in [4.78, 5) is 16.3. The maximum Gasteiger partial charge on any atom is 0.274 e. The number of aryl methyl sites for hydroxylation is 2. The lowest BCUT2D eigenvalue weighted by atomic mass is 10.1. The minimum atomic E-state index is -0.283. The van der Waals surface area contributed by atoms with Crippen molar-refractivity contribution in [3.05, 3.63) is 51.6 Å². The summed E-state index contributed by atoms with van der Waals surface area (Å²) in [5.41, 5.74) is 5.57.